The minimum atomic E-state index is 0.765. The van der Waals surface area contributed by atoms with Crippen molar-refractivity contribution in [1.29, 1.82) is 0 Å². The Morgan fingerprint density at radius 3 is 2.67 bits per heavy atom. The summed E-state index contributed by atoms with van der Waals surface area (Å²) in [5.74, 6) is 1.76. The van der Waals surface area contributed by atoms with Crippen LogP contribution in [0, 0.1) is 6.92 Å². The zero-order valence-electron chi connectivity index (χ0n) is 11.0. The summed E-state index contributed by atoms with van der Waals surface area (Å²) in [5.41, 5.74) is 2.16. The Balaban J connectivity index is 1.94. The molecular weight excluding hydrogens is 228 g/mol. The second-order valence-corrected chi connectivity index (χ2v) is 4.32. The second kappa shape index (κ2) is 5.64. The lowest BCUT2D eigenvalue weighted by Gasteiger charge is -2.15. The van der Waals surface area contributed by atoms with Crippen LogP contribution in [0.1, 0.15) is 17.0 Å². The van der Waals surface area contributed by atoms with Crippen LogP contribution in [0.15, 0.2) is 29.1 Å². The fourth-order valence-electron chi connectivity index (χ4n) is 1.76. The molecule has 0 aliphatic carbocycles. The van der Waals surface area contributed by atoms with Crippen LogP contribution in [0.2, 0.25) is 0 Å². The highest BCUT2D eigenvalue weighted by Crippen LogP contribution is 2.12. The van der Waals surface area contributed by atoms with Crippen LogP contribution >= 0.6 is 0 Å². The molecule has 1 N–H and O–H groups in total. The molecule has 0 aliphatic heterocycles. The van der Waals surface area contributed by atoms with Gasteiger partial charge < -0.3 is 9.73 Å². The summed E-state index contributed by atoms with van der Waals surface area (Å²) in [6.07, 6.45) is 5.26. The summed E-state index contributed by atoms with van der Waals surface area (Å²) in [6.45, 7) is 3.59. The standard InChI is InChI=1S/C13H18N4O/c1-10-11(4-5-18-10)8-17(3)9-12-6-16-13(14-2)7-15-12/h4-7H,8-9H2,1-3H3,(H,14,16). The average molecular weight is 246 g/mol. The van der Waals surface area contributed by atoms with Gasteiger partial charge in [-0.1, -0.05) is 0 Å². The first kappa shape index (κ1) is 12.6. The minimum absolute atomic E-state index is 0.765. The summed E-state index contributed by atoms with van der Waals surface area (Å²) < 4.78 is 5.28. The van der Waals surface area contributed by atoms with Gasteiger partial charge in [0.1, 0.15) is 11.6 Å². The number of hydrogen-bond donors (Lipinski definition) is 1. The van der Waals surface area contributed by atoms with Gasteiger partial charge in [0.2, 0.25) is 0 Å². The van der Waals surface area contributed by atoms with Crippen molar-refractivity contribution in [2.24, 2.45) is 0 Å². The highest BCUT2D eigenvalue weighted by molar-refractivity contribution is 5.29. The van der Waals surface area contributed by atoms with Crippen LogP contribution in [0.5, 0.6) is 0 Å². The molecule has 2 heterocycles. The van der Waals surface area contributed by atoms with Gasteiger partial charge in [-0.25, -0.2) is 4.98 Å². The number of hydrogen-bond acceptors (Lipinski definition) is 5. The van der Waals surface area contributed by atoms with Crippen molar-refractivity contribution >= 4 is 5.82 Å². The van der Waals surface area contributed by atoms with Crippen molar-refractivity contribution in [2.45, 2.75) is 20.0 Å². The molecule has 0 amide bonds. The molecule has 0 saturated carbocycles. The predicted octanol–water partition coefficient (Wildman–Crippen LogP) is 2.05. The van der Waals surface area contributed by atoms with Crippen LogP contribution < -0.4 is 5.32 Å². The molecule has 0 aliphatic rings. The Kier molecular flexibility index (Phi) is 3.94. The van der Waals surface area contributed by atoms with Crippen molar-refractivity contribution in [3.8, 4) is 0 Å². The molecule has 2 rings (SSSR count). The number of furan rings is 1. The molecule has 0 atom stereocenters. The molecule has 18 heavy (non-hydrogen) atoms. The molecule has 0 radical (unpaired) electrons. The van der Waals surface area contributed by atoms with Gasteiger partial charge in [0.25, 0.3) is 0 Å². The van der Waals surface area contributed by atoms with Crippen LogP contribution in [0.4, 0.5) is 5.82 Å². The summed E-state index contributed by atoms with van der Waals surface area (Å²) in [7, 11) is 3.89. The Labute approximate surface area is 107 Å². The van der Waals surface area contributed by atoms with Crippen LogP contribution in [0.25, 0.3) is 0 Å². The zero-order valence-corrected chi connectivity index (χ0v) is 11.0. The monoisotopic (exact) mass is 246 g/mol. The first-order valence-electron chi connectivity index (χ1n) is 5.89. The maximum Gasteiger partial charge on any atom is 0.144 e. The normalized spacial score (nSPS) is 10.9. The quantitative estimate of drug-likeness (QED) is 0.875. The van der Waals surface area contributed by atoms with Gasteiger partial charge >= 0.3 is 0 Å². The number of aromatic nitrogens is 2. The molecule has 0 spiro atoms. The van der Waals surface area contributed by atoms with Crippen molar-refractivity contribution in [3.63, 3.8) is 0 Å². The van der Waals surface area contributed by atoms with Gasteiger partial charge in [0, 0.05) is 25.7 Å². The van der Waals surface area contributed by atoms with E-state index in [2.05, 4.69) is 27.2 Å². The molecule has 0 fully saturated rings. The van der Waals surface area contributed by atoms with Crippen molar-refractivity contribution in [1.82, 2.24) is 14.9 Å². The average Bonchev–Trinajstić information content (AvgIpc) is 2.76. The number of nitrogens with zero attached hydrogens (tertiary/aromatic N) is 3. The third kappa shape index (κ3) is 3.07. The minimum Gasteiger partial charge on any atom is -0.469 e. The first-order valence-corrected chi connectivity index (χ1v) is 5.89. The van der Waals surface area contributed by atoms with E-state index in [4.69, 9.17) is 4.42 Å². The van der Waals surface area contributed by atoms with Gasteiger partial charge in [-0.15, -0.1) is 0 Å². The highest BCUT2D eigenvalue weighted by atomic mass is 16.3. The first-order chi connectivity index (χ1) is 8.69. The number of nitrogens with one attached hydrogen (secondary N) is 1. The van der Waals surface area contributed by atoms with Crippen LogP contribution in [-0.4, -0.2) is 29.0 Å². The van der Waals surface area contributed by atoms with Gasteiger partial charge in [-0.2, -0.15) is 0 Å². The Bertz CT molecular complexity index is 492. The maximum absolute atomic E-state index is 5.28. The lowest BCUT2D eigenvalue weighted by molar-refractivity contribution is 0.312. The largest absolute Gasteiger partial charge is 0.469 e. The van der Waals surface area contributed by atoms with Crippen molar-refractivity contribution < 1.29 is 4.42 Å². The van der Waals surface area contributed by atoms with E-state index in [1.54, 1.807) is 18.7 Å². The number of rotatable bonds is 5. The Morgan fingerprint density at radius 2 is 2.11 bits per heavy atom. The summed E-state index contributed by atoms with van der Waals surface area (Å²) in [4.78, 5) is 10.8. The lowest BCUT2D eigenvalue weighted by Crippen LogP contribution is -2.18. The van der Waals surface area contributed by atoms with Gasteiger partial charge in [-0.05, 0) is 20.0 Å². The van der Waals surface area contributed by atoms with E-state index >= 15 is 0 Å². The van der Waals surface area contributed by atoms with Gasteiger partial charge in [0.05, 0.1) is 24.4 Å². The molecule has 0 aromatic carbocycles. The third-order valence-corrected chi connectivity index (χ3v) is 2.80. The van der Waals surface area contributed by atoms with E-state index in [9.17, 15) is 0 Å². The fourth-order valence-corrected chi connectivity index (χ4v) is 1.76. The van der Waals surface area contributed by atoms with E-state index in [1.165, 1.54) is 5.56 Å². The van der Waals surface area contributed by atoms with Crippen LogP contribution in [0.3, 0.4) is 0 Å². The summed E-state index contributed by atoms with van der Waals surface area (Å²) in [5, 5.41) is 2.95. The predicted molar refractivity (Wildman–Crippen MR) is 70.2 cm³/mol. The SMILES string of the molecule is CNc1cnc(CN(C)Cc2ccoc2C)cn1. The summed E-state index contributed by atoms with van der Waals surface area (Å²) >= 11 is 0. The second-order valence-electron chi connectivity index (χ2n) is 4.32. The Hall–Kier alpha value is -1.88. The molecule has 96 valence electrons. The van der Waals surface area contributed by atoms with Gasteiger partial charge in [-0.3, -0.25) is 9.88 Å². The molecule has 5 nitrogen and oxygen atoms in total. The Morgan fingerprint density at radius 1 is 1.28 bits per heavy atom. The molecule has 0 bridgehead atoms. The number of aryl methyl sites for hydroxylation is 1. The van der Waals surface area contributed by atoms with Crippen LogP contribution in [-0.2, 0) is 13.1 Å². The van der Waals surface area contributed by atoms with Crippen molar-refractivity contribution in [3.05, 3.63) is 41.7 Å². The smallest absolute Gasteiger partial charge is 0.144 e. The zero-order chi connectivity index (χ0) is 13.0. The van der Waals surface area contributed by atoms with Gasteiger partial charge in [0.15, 0.2) is 0 Å². The fraction of sp³-hybridized carbons (Fsp3) is 0.385. The topological polar surface area (TPSA) is 54.2 Å². The molecule has 5 heteroatoms. The van der Waals surface area contributed by atoms with E-state index in [-0.39, 0.29) is 0 Å². The van der Waals surface area contributed by atoms with Crippen molar-refractivity contribution in [2.75, 3.05) is 19.4 Å². The maximum atomic E-state index is 5.28. The van der Waals surface area contributed by atoms with E-state index < -0.39 is 0 Å². The summed E-state index contributed by atoms with van der Waals surface area (Å²) in [6, 6.07) is 2.00. The molecule has 2 aromatic heterocycles. The third-order valence-electron chi connectivity index (χ3n) is 2.80. The van der Waals surface area contributed by atoms with E-state index in [0.29, 0.717) is 0 Å². The molecule has 2 aromatic rings. The lowest BCUT2D eigenvalue weighted by atomic mass is 10.2. The molecule has 0 saturated heterocycles. The van der Waals surface area contributed by atoms with E-state index in [0.717, 1.165) is 30.4 Å². The van der Waals surface area contributed by atoms with E-state index in [1.807, 2.05) is 20.0 Å². The molecular formula is C13H18N4O. The molecule has 0 unspecified atom stereocenters. The number of anilines is 1. The highest BCUT2D eigenvalue weighted by Gasteiger charge is 2.07.